The van der Waals surface area contributed by atoms with Gasteiger partial charge in [-0.15, -0.1) is 0 Å². The number of morpholine rings is 1. The molecule has 1 aliphatic rings. The lowest BCUT2D eigenvalue weighted by Crippen LogP contribution is -2.38. The Kier molecular flexibility index (Phi) is 3.70. The molecular formula is C18H21N3O. The Morgan fingerprint density at radius 2 is 1.68 bits per heavy atom. The summed E-state index contributed by atoms with van der Waals surface area (Å²) in [5.41, 5.74) is 2.55. The van der Waals surface area contributed by atoms with Gasteiger partial charge in [0.15, 0.2) is 0 Å². The second-order valence-electron chi connectivity index (χ2n) is 5.76. The molecule has 0 unspecified atom stereocenters. The van der Waals surface area contributed by atoms with E-state index in [1.807, 2.05) is 0 Å². The van der Waals surface area contributed by atoms with Crippen molar-refractivity contribution in [1.29, 1.82) is 0 Å². The third-order valence-corrected chi connectivity index (χ3v) is 4.43. The fourth-order valence-electron chi connectivity index (χ4n) is 3.20. The zero-order valence-corrected chi connectivity index (χ0v) is 12.7. The van der Waals surface area contributed by atoms with Crippen LogP contribution in [0.5, 0.6) is 0 Å². The summed E-state index contributed by atoms with van der Waals surface area (Å²) < 4.78 is 9.95. The van der Waals surface area contributed by atoms with E-state index in [-0.39, 0.29) is 0 Å². The average molecular weight is 295 g/mol. The molecule has 0 N–H and O–H groups in total. The first-order valence-electron chi connectivity index (χ1n) is 7.93. The monoisotopic (exact) mass is 295 g/mol. The van der Waals surface area contributed by atoms with Gasteiger partial charge in [-0.1, -0.05) is 6.07 Å². The lowest BCUT2D eigenvalue weighted by Gasteiger charge is -2.26. The molecule has 4 rings (SSSR count). The van der Waals surface area contributed by atoms with Gasteiger partial charge in [0, 0.05) is 50.2 Å². The van der Waals surface area contributed by atoms with Crippen molar-refractivity contribution in [2.45, 2.75) is 6.54 Å². The lowest BCUT2D eigenvalue weighted by atomic mass is 10.2. The number of rotatable bonds is 4. The predicted molar refractivity (Wildman–Crippen MR) is 88.5 cm³/mol. The highest BCUT2D eigenvalue weighted by Crippen LogP contribution is 2.23. The number of aromatic nitrogens is 2. The van der Waals surface area contributed by atoms with Gasteiger partial charge >= 0.3 is 0 Å². The summed E-state index contributed by atoms with van der Waals surface area (Å²) in [6.45, 7) is 5.94. The Labute approximate surface area is 130 Å². The van der Waals surface area contributed by atoms with Gasteiger partial charge in [0.2, 0.25) is 0 Å². The van der Waals surface area contributed by atoms with Gasteiger partial charge < -0.3 is 13.9 Å². The number of hydrogen-bond donors (Lipinski definition) is 0. The van der Waals surface area contributed by atoms with Gasteiger partial charge in [-0.05, 0) is 30.3 Å². The molecule has 4 nitrogen and oxygen atoms in total. The normalized spacial score (nSPS) is 16.4. The van der Waals surface area contributed by atoms with Crippen LogP contribution < -0.4 is 0 Å². The van der Waals surface area contributed by atoms with Gasteiger partial charge in [0.25, 0.3) is 0 Å². The molecule has 1 saturated heterocycles. The highest BCUT2D eigenvalue weighted by molar-refractivity contribution is 5.88. The minimum absolute atomic E-state index is 0.865. The third kappa shape index (κ3) is 2.56. The van der Waals surface area contributed by atoms with Crippen molar-refractivity contribution >= 4 is 10.9 Å². The molecule has 0 aliphatic carbocycles. The van der Waals surface area contributed by atoms with Crippen LogP contribution in [0.2, 0.25) is 0 Å². The molecule has 3 heterocycles. The minimum Gasteiger partial charge on any atom is -0.379 e. The van der Waals surface area contributed by atoms with Crippen LogP contribution in [0.4, 0.5) is 0 Å². The van der Waals surface area contributed by atoms with Gasteiger partial charge in [0.05, 0.1) is 24.4 Å². The Morgan fingerprint density at radius 3 is 2.50 bits per heavy atom. The molecule has 1 fully saturated rings. The fraction of sp³-hybridized carbons (Fsp3) is 0.333. The molecule has 0 spiro atoms. The first kappa shape index (κ1) is 13.6. The molecule has 22 heavy (non-hydrogen) atoms. The summed E-state index contributed by atoms with van der Waals surface area (Å²) in [4.78, 5) is 2.48. The van der Waals surface area contributed by atoms with E-state index in [1.165, 1.54) is 16.6 Å². The summed E-state index contributed by atoms with van der Waals surface area (Å²) in [5.74, 6) is 0. The number of hydrogen-bond acceptors (Lipinski definition) is 2. The maximum Gasteiger partial charge on any atom is 0.0594 e. The van der Waals surface area contributed by atoms with E-state index in [9.17, 15) is 0 Å². The van der Waals surface area contributed by atoms with Crippen LogP contribution in [0.15, 0.2) is 55.0 Å². The lowest BCUT2D eigenvalue weighted by molar-refractivity contribution is 0.0365. The van der Waals surface area contributed by atoms with E-state index in [4.69, 9.17) is 4.74 Å². The molecule has 0 radical (unpaired) electrons. The molecular weight excluding hydrogens is 274 g/mol. The quantitative estimate of drug-likeness (QED) is 0.738. The van der Waals surface area contributed by atoms with Crippen LogP contribution in [-0.4, -0.2) is 46.9 Å². The number of nitrogens with zero attached hydrogens (tertiary/aromatic N) is 3. The first-order valence-corrected chi connectivity index (χ1v) is 7.93. The number of ether oxygens (including phenoxy) is 1. The number of benzene rings is 1. The van der Waals surface area contributed by atoms with Gasteiger partial charge in [0.1, 0.15) is 0 Å². The second kappa shape index (κ2) is 5.99. The molecule has 0 atom stereocenters. The standard InChI is InChI=1S/C18H21N3O/c1-2-8-20(7-1)17-4-3-5-18-16(17)6-9-21(18)11-10-19-12-14-22-15-13-19/h1-9H,10-15H2. The maximum absolute atomic E-state index is 5.41. The highest BCUT2D eigenvalue weighted by Gasteiger charge is 2.11. The number of fused-ring (bicyclic) bond motifs is 1. The zero-order valence-electron chi connectivity index (χ0n) is 12.7. The highest BCUT2D eigenvalue weighted by atomic mass is 16.5. The molecule has 3 aromatic rings. The minimum atomic E-state index is 0.865. The summed E-state index contributed by atoms with van der Waals surface area (Å²) in [7, 11) is 0. The first-order chi connectivity index (χ1) is 10.9. The summed E-state index contributed by atoms with van der Waals surface area (Å²) >= 11 is 0. The second-order valence-corrected chi connectivity index (χ2v) is 5.76. The van der Waals surface area contributed by atoms with E-state index in [0.29, 0.717) is 0 Å². The van der Waals surface area contributed by atoms with E-state index >= 15 is 0 Å². The largest absolute Gasteiger partial charge is 0.379 e. The van der Waals surface area contributed by atoms with Crippen molar-refractivity contribution < 1.29 is 4.74 Å². The molecule has 0 amide bonds. The maximum atomic E-state index is 5.41. The van der Waals surface area contributed by atoms with Crippen LogP contribution >= 0.6 is 0 Å². The van der Waals surface area contributed by atoms with E-state index in [0.717, 1.165) is 39.4 Å². The van der Waals surface area contributed by atoms with E-state index in [1.54, 1.807) is 0 Å². The molecule has 114 valence electrons. The van der Waals surface area contributed by atoms with Crippen LogP contribution in [0, 0.1) is 0 Å². The Bertz CT molecular complexity index is 739. The third-order valence-electron chi connectivity index (χ3n) is 4.43. The van der Waals surface area contributed by atoms with Gasteiger partial charge in [-0.3, -0.25) is 4.90 Å². The van der Waals surface area contributed by atoms with Crippen molar-refractivity contribution in [3.05, 3.63) is 55.0 Å². The predicted octanol–water partition coefficient (Wildman–Crippen LogP) is 2.76. The Balaban J connectivity index is 1.59. The van der Waals surface area contributed by atoms with Crippen LogP contribution in [-0.2, 0) is 11.3 Å². The van der Waals surface area contributed by atoms with Crippen molar-refractivity contribution in [1.82, 2.24) is 14.0 Å². The van der Waals surface area contributed by atoms with Gasteiger partial charge in [-0.2, -0.15) is 0 Å². The molecule has 4 heteroatoms. The van der Waals surface area contributed by atoms with Crippen molar-refractivity contribution in [2.24, 2.45) is 0 Å². The fourth-order valence-corrected chi connectivity index (χ4v) is 3.20. The molecule has 0 bridgehead atoms. The van der Waals surface area contributed by atoms with Crippen LogP contribution in [0.1, 0.15) is 0 Å². The molecule has 1 aliphatic heterocycles. The van der Waals surface area contributed by atoms with E-state index in [2.05, 4.69) is 69.0 Å². The molecule has 0 saturated carbocycles. The Morgan fingerprint density at radius 1 is 0.864 bits per heavy atom. The van der Waals surface area contributed by atoms with Crippen molar-refractivity contribution in [3.8, 4) is 5.69 Å². The SMILES string of the molecule is c1cc(-n2cccc2)c2ccn(CCN3CCOCC3)c2c1. The topological polar surface area (TPSA) is 22.3 Å². The summed E-state index contributed by atoms with van der Waals surface area (Å²) in [6.07, 6.45) is 6.40. The summed E-state index contributed by atoms with van der Waals surface area (Å²) in [6, 6.07) is 12.9. The Hall–Kier alpha value is -2.04. The summed E-state index contributed by atoms with van der Waals surface area (Å²) in [5, 5.41) is 1.31. The van der Waals surface area contributed by atoms with Gasteiger partial charge in [-0.25, -0.2) is 0 Å². The molecule has 2 aromatic heterocycles. The van der Waals surface area contributed by atoms with Crippen molar-refractivity contribution in [3.63, 3.8) is 0 Å². The molecule has 1 aromatic carbocycles. The zero-order chi connectivity index (χ0) is 14.8. The van der Waals surface area contributed by atoms with Crippen LogP contribution in [0.25, 0.3) is 16.6 Å². The smallest absolute Gasteiger partial charge is 0.0594 e. The van der Waals surface area contributed by atoms with Crippen molar-refractivity contribution in [2.75, 3.05) is 32.8 Å². The van der Waals surface area contributed by atoms with Crippen LogP contribution in [0.3, 0.4) is 0 Å². The van der Waals surface area contributed by atoms with E-state index < -0.39 is 0 Å². The average Bonchev–Trinajstić information content (AvgIpc) is 3.23.